The van der Waals surface area contributed by atoms with Crippen LogP contribution < -0.4 is 10.1 Å². The maximum absolute atomic E-state index is 11.8. The predicted octanol–water partition coefficient (Wildman–Crippen LogP) is 4.11. The molecule has 0 spiro atoms. The Morgan fingerprint density at radius 3 is 2.57 bits per heavy atom. The molecule has 21 heavy (non-hydrogen) atoms. The predicted molar refractivity (Wildman–Crippen MR) is 86.4 cm³/mol. The monoisotopic (exact) mass is 324 g/mol. The van der Waals surface area contributed by atoms with Crippen LogP contribution in [-0.2, 0) is 10.2 Å². The first-order chi connectivity index (χ1) is 9.84. The van der Waals surface area contributed by atoms with Crippen molar-refractivity contribution in [2.24, 2.45) is 0 Å². The van der Waals surface area contributed by atoms with Crippen molar-refractivity contribution in [3.63, 3.8) is 0 Å². The van der Waals surface area contributed by atoms with Crippen LogP contribution in [-0.4, -0.2) is 17.5 Å². The minimum atomic E-state index is -0.236. The topological polar surface area (TPSA) is 51.2 Å². The van der Waals surface area contributed by atoms with E-state index in [-0.39, 0.29) is 17.9 Å². The molecule has 0 radical (unpaired) electrons. The molecule has 0 saturated carbocycles. The summed E-state index contributed by atoms with van der Waals surface area (Å²) < 4.78 is 5.38. The lowest BCUT2D eigenvalue weighted by Crippen LogP contribution is -2.20. The quantitative estimate of drug-likeness (QED) is 0.920. The lowest BCUT2D eigenvalue weighted by Gasteiger charge is -2.14. The second kappa shape index (κ2) is 6.45. The van der Waals surface area contributed by atoms with Gasteiger partial charge in [0.15, 0.2) is 11.7 Å². The molecule has 0 bridgehead atoms. The van der Waals surface area contributed by atoms with E-state index >= 15 is 0 Å². The van der Waals surface area contributed by atoms with Crippen LogP contribution in [0.15, 0.2) is 29.6 Å². The molecule has 0 atom stereocenters. The highest BCUT2D eigenvalue weighted by Gasteiger charge is 2.18. The number of nitrogens with one attached hydrogen (secondary N) is 1. The highest BCUT2D eigenvalue weighted by atomic mass is 35.5. The van der Waals surface area contributed by atoms with Gasteiger partial charge in [-0.3, -0.25) is 10.1 Å². The Labute approximate surface area is 133 Å². The molecule has 0 aliphatic rings. The van der Waals surface area contributed by atoms with Crippen molar-refractivity contribution in [1.82, 2.24) is 4.98 Å². The zero-order valence-corrected chi connectivity index (χ0v) is 13.7. The Hall–Kier alpha value is -1.59. The normalized spacial score (nSPS) is 11.2. The van der Waals surface area contributed by atoms with Gasteiger partial charge in [0.25, 0.3) is 5.91 Å². The summed E-state index contributed by atoms with van der Waals surface area (Å²) >= 11 is 7.19. The van der Waals surface area contributed by atoms with Crippen LogP contribution in [0.4, 0.5) is 5.13 Å². The van der Waals surface area contributed by atoms with Crippen molar-refractivity contribution in [2.75, 3.05) is 11.9 Å². The lowest BCUT2D eigenvalue weighted by molar-refractivity contribution is -0.118. The lowest BCUT2D eigenvalue weighted by atomic mass is 9.93. The van der Waals surface area contributed by atoms with Crippen molar-refractivity contribution in [2.45, 2.75) is 26.2 Å². The Bertz CT molecular complexity index is 617. The highest BCUT2D eigenvalue weighted by Crippen LogP contribution is 2.26. The van der Waals surface area contributed by atoms with Gasteiger partial charge in [-0.15, -0.1) is 11.3 Å². The van der Waals surface area contributed by atoms with E-state index in [1.54, 1.807) is 24.3 Å². The van der Waals surface area contributed by atoms with Gasteiger partial charge in [-0.05, 0) is 24.3 Å². The van der Waals surface area contributed by atoms with Gasteiger partial charge in [0.2, 0.25) is 0 Å². The fraction of sp³-hybridized carbons (Fsp3) is 0.333. The van der Waals surface area contributed by atoms with Gasteiger partial charge < -0.3 is 4.74 Å². The number of hydrogen-bond donors (Lipinski definition) is 1. The summed E-state index contributed by atoms with van der Waals surface area (Å²) in [4.78, 5) is 16.2. The zero-order valence-electron chi connectivity index (χ0n) is 12.1. The molecule has 1 N–H and O–H groups in total. The van der Waals surface area contributed by atoms with Gasteiger partial charge in [0.1, 0.15) is 5.75 Å². The number of aromatic nitrogens is 1. The Morgan fingerprint density at radius 2 is 2.00 bits per heavy atom. The zero-order chi connectivity index (χ0) is 15.5. The number of hydrogen-bond acceptors (Lipinski definition) is 4. The third kappa shape index (κ3) is 4.72. The van der Waals surface area contributed by atoms with E-state index in [9.17, 15) is 4.79 Å². The molecule has 1 aromatic heterocycles. The number of anilines is 1. The Morgan fingerprint density at radius 1 is 1.33 bits per heavy atom. The van der Waals surface area contributed by atoms with Gasteiger partial charge in [-0.25, -0.2) is 4.98 Å². The minimum Gasteiger partial charge on any atom is -0.484 e. The van der Waals surface area contributed by atoms with Crippen LogP contribution in [0.3, 0.4) is 0 Å². The molecule has 2 rings (SSSR count). The maximum atomic E-state index is 11.8. The van der Waals surface area contributed by atoms with E-state index in [4.69, 9.17) is 16.3 Å². The van der Waals surface area contributed by atoms with Crippen LogP contribution >= 0.6 is 22.9 Å². The molecule has 112 valence electrons. The molecule has 0 aliphatic carbocycles. The molecule has 2 aromatic rings. The molecule has 0 saturated heterocycles. The van der Waals surface area contributed by atoms with Crippen LogP contribution in [0.1, 0.15) is 26.5 Å². The van der Waals surface area contributed by atoms with Gasteiger partial charge in [0, 0.05) is 15.8 Å². The highest BCUT2D eigenvalue weighted by molar-refractivity contribution is 7.13. The third-order valence-electron chi connectivity index (χ3n) is 2.70. The number of benzene rings is 1. The second-order valence-corrected chi connectivity index (χ2v) is 6.87. The third-order valence-corrected chi connectivity index (χ3v) is 3.71. The molecular weight excluding hydrogens is 308 g/mol. The van der Waals surface area contributed by atoms with E-state index in [0.29, 0.717) is 15.9 Å². The van der Waals surface area contributed by atoms with Crippen molar-refractivity contribution >= 4 is 34.0 Å². The van der Waals surface area contributed by atoms with Crippen molar-refractivity contribution in [3.05, 3.63) is 40.4 Å². The maximum Gasteiger partial charge on any atom is 0.264 e. The fourth-order valence-electron chi connectivity index (χ4n) is 1.51. The van der Waals surface area contributed by atoms with Gasteiger partial charge >= 0.3 is 0 Å². The summed E-state index contributed by atoms with van der Waals surface area (Å²) in [5.41, 5.74) is 0.931. The van der Waals surface area contributed by atoms with Gasteiger partial charge in [0.05, 0.1) is 5.69 Å². The van der Waals surface area contributed by atoms with Crippen molar-refractivity contribution < 1.29 is 9.53 Å². The van der Waals surface area contributed by atoms with E-state index in [0.717, 1.165) is 5.69 Å². The molecular formula is C15H17ClN2O2S. The Balaban J connectivity index is 1.87. The van der Waals surface area contributed by atoms with E-state index in [1.165, 1.54) is 11.3 Å². The average Bonchev–Trinajstić information content (AvgIpc) is 2.86. The van der Waals surface area contributed by atoms with Crippen LogP contribution in [0, 0.1) is 0 Å². The van der Waals surface area contributed by atoms with E-state index < -0.39 is 0 Å². The van der Waals surface area contributed by atoms with Crippen molar-refractivity contribution in [1.29, 1.82) is 0 Å². The number of nitrogens with zero attached hydrogens (tertiary/aromatic N) is 1. The fourth-order valence-corrected chi connectivity index (χ4v) is 2.59. The number of rotatable bonds is 4. The number of carbonyl (C=O) groups excluding carboxylic acids is 1. The number of amides is 1. The summed E-state index contributed by atoms with van der Waals surface area (Å²) in [5, 5.41) is 5.90. The summed E-state index contributed by atoms with van der Waals surface area (Å²) in [6.07, 6.45) is 0. The SMILES string of the molecule is CC(C)(C)c1csc(NC(=O)COc2ccc(Cl)cc2)n1. The minimum absolute atomic E-state index is 0.0285. The summed E-state index contributed by atoms with van der Waals surface area (Å²) in [7, 11) is 0. The van der Waals surface area contributed by atoms with Gasteiger partial charge in [-0.2, -0.15) is 0 Å². The first-order valence-electron chi connectivity index (χ1n) is 6.49. The molecule has 6 heteroatoms. The van der Waals surface area contributed by atoms with Gasteiger partial charge in [-0.1, -0.05) is 32.4 Å². The first kappa shape index (κ1) is 15.8. The first-order valence-corrected chi connectivity index (χ1v) is 7.74. The number of carbonyl (C=O) groups is 1. The molecule has 0 unspecified atom stereocenters. The summed E-state index contributed by atoms with van der Waals surface area (Å²) in [6.45, 7) is 6.18. The Kier molecular flexibility index (Phi) is 4.85. The molecule has 1 amide bonds. The molecule has 4 nitrogen and oxygen atoms in total. The van der Waals surface area contributed by atoms with Crippen LogP contribution in [0.5, 0.6) is 5.75 Å². The number of ether oxygens (including phenoxy) is 1. The van der Waals surface area contributed by atoms with Crippen LogP contribution in [0.25, 0.3) is 0 Å². The standard InChI is InChI=1S/C15H17ClN2O2S/c1-15(2,3)12-9-21-14(17-12)18-13(19)8-20-11-6-4-10(16)5-7-11/h4-7,9H,8H2,1-3H3,(H,17,18,19). The number of halogens is 1. The van der Waals surface area contributed by atoms with Crippen LogP contribution in [0.2, 0.25) is 5.02 Å². The second-order valence-electron chi connectivity index (χ2n) is 5.58. The largest absolute Gasteiger partial charge is 0.484 e. The van der Waals surface area contributed by atoms with E-state index in [2.05, 4.69) is 31.1 Å². The molecule has 1 aromatic carbocycles. The van der Waals surface area contributed by atoms with Crippen molar-refractivity contribution in [3.8, 4) is 5.75 Å². The molecule has 0 aliphatic heterocycles. The van der Waals surface area contributed by atoms with E-state index in [1.807, 2.05) is 5.38 Å². The summed E-state index contributed by atoms with van der Waals surface area (Å²) in [6, 6.07) is 6.86. The number of thiazole rings is 1. The summed E-state index contributed by atoms with van der Waals surface area (Å²) in [5.74, 6) is 0.365. The molecule has 1 heterocycles. The average molecular weight is 325 g/mol. The smallest absolute Gasteiger partial charge is 0.264 e. The molecule has 0 fully saturated rings.